The zero-order chi connectivity index (χ0) is 6.93. The molecule has 1 aliphatic heterocycles. The van der Waals surface area contributed by atoms with Gasteiger partial charge >= 0.3 is 0 Å². The summed E-state index contributed by atoms with van der Waals surface area (Å²) >= 11 is 7.38. The minimum atomic E-state index is 0.302. The molecule has 0 aromatic carbocycles. The number of halogens is 2. The van der Waals surface area contributed by atoms with Gasteiger partial charge in [0.05, 0.1) is 15.4 Å². The molecule has 0 radical (unpaired) electrons. The summed E-state index contributed by atoms with van der Waals surface area (Å²) in [5.74, 6) is 1.69. The summed E-state index contributed by atoms with van der Waals surface area (Å²) in [6.07, 6.45) is 3.79. The number of hydrogen-bond acceptors (Lipinski definition) is 1. The van der Waals surface area contributed by atoms with Crippen LogP contribution < -0.4 is 0 Å². The molecule has 3 aliphatic rings. The van der Waals surface area contributed by atoms with Gasteiger partial charge in [0.25, 0.3) is 0 Å². The average molecular weight is 268 g/mol. The van der Waals surface area contributed by atoms with Gasteiger partial charge in [0.2, 0.25) is 0 Å². The van der Waals surface area contributed by atoms with Crippen LogP contribution in [-0.4, -0.2) is 15.4 Å². The molecule has 3 rings (SSSR count). The molecule has 10 heavy (non-hydrogen) atoms. The van der Waals surface area contributed by atoms with Crippen LogP contribution in [0.5, 0.6) is 0 Å². The van der Waals surface area contributed by atoms with Gasteiger partial charge in [0.15, 0.2) is 0 Å². The smallest absolute Gasteiger partial charge is 0.0870 e. The van der Waals surface area contributed by atoms with E-state index in [1.54, 1.807) is 0 Å². The standard InChI is InChI=1S/C7H8Br2O/c8-7(9)3-1-5-6(10-5)2-4(3)7/h3-6H,1-2H2/t3-,4-,5+,6+/m1/s1. The Balaban J connectivity index is 1.83. The first-order chi connectivity index (χ1) is 4.69. The van der Waals surface area contributed by atoms with Gasteiger partial charge in [0.1, 0.15) is 0 Å². The van der Waals surface area contributed by atoms with Gasteiger partial charge in [-0.15, -0.1) is 0 Å². The summed E-state index contributed by atoms with van der Waals surface area (Å²) in [5.41, 5.74) is 0. The molecule has 1 nitrogen and oxygen atoms in total. The molecule has 3 fully saturated rings. The van der Waals surface area contributed by atoms with Crippen molar-refractivity contribution >= 4 is 31.9 Å². The molecule has 0 aromatic heterocycles. The highest BCUT2D eigenvalue weighted by Crippen LogP contribution is 2.70. The quantitative estimate of drug-likeness (QED) is 0.485. The fourth-order valence-electron chi connectivity index (χ4n) is 2.20. The molecule has 1 heterocycles. The predicted molar refractivity (Wildman–Crippen MR) is 45.5 cm³/mol. The number of rotatable bonds is 0. The van der Waals surface area contributed by atoms with E-state index in [2.05, 4.69) is 31.9 Å². The van der Waals surface area contributed by atoms with E-state index in [9.17, 15) is 0 Å². The van der Waals surface area contributed by atoms with Crippen molar-refractivity contribution in [3.8, 4) is 0 Å². The first-order valence-electron chi connectivity index (χ1n) is 3.73. The maximum absolute atomic E-state index is 5.43. The first kappa shape index (κ1) is 6.44. The molecular formula is C7H8Br2O. The molecule has 2 aliphatic carbocycles. The van der Waals surface area contributed by atoms with Gasteiger partial charge in [-0.2, -0.15) is 0 Å². The third-order valence-corrected chi connectivity index (χ3v) is 5.38. The summed E-state index contributed by atoms with van der Waals surface area (Å²) < 4.78 is 5.73. The fourth-order valence-corrected chi connectivity index (χ4v) is 3.96. The molecule has 0 unspecified atom stereocenters. The van der Waals surface area contributed by atoms with Crippen LogP contribution in [0.25, 0.3) is 0 Å². The van der Waals surface area contributed by atoms with E-state index >= 15 is 0 Å². The third kappa shape index (κ3) is 0.669. The van der Waals surface area contributed by atoms with E-state index < -0.39 is 0 Å². The van der Waals surface area contributed by atoms with Crippen molar-refractivity contribution in [3.63, 3.8) is 0 Å². The van der Waals surface area contributed by atoms with E-state index in [1.807, 2.05) is 0 Å². The topological polar surface area (TPSA) is 12.5 Å². The highest BCUT2D eigenvalue weighted by molar-refractivity contribution is 9.25. The second-order valence-electron chi connectivity index (χ2n) is 3.57. The van der Waals surface area contributed by atoms with Crippen molar-refractivity contribution in [2.75, 3.05) is 0 Å². The SMILES string of the molecule is BrC1(Br)[C@@H]2C[C@@H]3O[C@H]3C[C@H]21. The fraction of sp³-hybridized carbons (Fsp3) is 1.00. The number of epoxide rings is 1. The largest absolute Gasteiger partial charge is 0.370 e. The molecule has 4 atom stereocenters. The van der Waals surface area contributed by atoms with Gasteiger partial charge in [-0.25, -0.2) is 0 Å². The Morgan fingerprint density at radius 2 is 1.60 bits per heavy atom. The van der Waals surface area contributed by atoms with Gasteiger partial charge in [0, 0.05) is 0 Å². The van der Waals surface area contributed by atoms with Crippen molar-refractivity contribution in [1.82, 2.24) is 0 Å². The number of alkyl halides is 2. The van der Waals surface area contributed by atoms with Crippen LogP contribution in [-0.2, 0) is 4.74 Å². The van der Waals surface area contributed by atoms with E-state index in [4.69, 9.17) is 4.74 Å². The zero-order valence-corrected chi connectivity index (χ0v) is 8.56. The predicted octanol–water partition coefficient (Wildman–Crippen LogP) is 2.28. The summed E-state index contributed by atoms with van der Waals surface area (Å²) in [6.45, 7) is 0. The van der Waals surface area contributed by atoms with Crippen LogP contribution in [0.2, 0.25) is 0 Å². The van der Waals surface area contributed by atoms with E-state index in [0.29, 0.717) is 15.4 Å². The molecule has 56 valence electrons. The van der Waals surface area contributed by atoms with Crippen LogP contribution in [0.4, 0.5) is 0 Å². The minimum Gasteiger partial charge on any atom is -0.370 e. The summed E-state index contributed by atoms with van der Waals surface area (Å²) in [5, 5.41) is 0. The lowest BCUT2D eigenvalue weighted by Gasteiger charge is -1.98. The minimum absolute atomic E-state index is 0.302. The van der Waals surface area contributed by atoms with Crippen LogP contribution in [0, 0.1) is 11.8 Å². The van der Waals surface area contributed by atoms with Gasteiger partial charge in [-0.05, 0) is 24.7 Å². The van der Waals surface area contributed by atoms with Crippen molar-refractivity contribution in [1.29, 1.82) is 0 Å². The first-order valence-corrected chi connectivity index (χ1v) is 5.31. The van der Waals surface area contributed by atoms with Crippen LogP contribution in [0.1, 0.15) is 12.8 Å². The molecule has 0 aromatic rings. The van der Waals surface area contributed by atoms with Gasteiger partial charge in [-0.3, -0.25) is 0 Å². The van der Waals surface area contributed by atoms with Crippen molar-refractivity contribution in [2.24, 2.45) is 11.8 Å². The molecule has 3 heteroatoms. The Bertz CT molecular complexity index is 174. The third-order valence-electron chi connectivity index (χ3n) is 3.03. The maximum Gasteiger partial charge on any atom is 0.0870 e. The van der Waals surface area contributed by atoms with Crippen molar-refractivity contribution < 1.29 is 4.74 Å². The molecule has 0 amide bonds. The Hall–Kier alpha value is 0.920. The van der Waals surface area contributed by atoms with Crippen molar-refractivity contribution in [2.45, 2.75) is 28.3 Å². The van der Waals surface area contributed by atoms with E-state index in [0.717, 1.165) is 11.8 Å². The second-order valence-corrected chi connectivity index (χ2v) is 7.26. The Morgan fingerprint density at radius 3 is 2.10 bits per heavy atom. The molecule has 1 saturated heterocycles. The molecule has 0 spiro atoms. The highest BCUT2D eigenvalue weighted by Gasteiger charge is 2.68. The number of fused-ring (bicyclic) bond motifs is 2. The second kappa shape index (κ2) is 1.64. The van der Waals surface area contributed by atoms with Crippen LogP contribution in [0.3, 0.4) is 0 Å². The lowest BCUT2D eigenvalue weighted by molar-refractivity contribution is 0.363. The summed E-state index contributed by atoms with van der Waals surface area (Å²) in [6, 6.07) is 0. The van der Waals surface area contributed by atoms with Crippen molar-refractivity contribution in [3.05, 3.63) is 0 Å². The summed E-state index contributed by atoms with van der Waals surface area (Å²) in [7, 11) is 0. The van der Waals surface area contributed by atoms with E-state index in [-0.39, 0.29) is 0 Å². The lowest BCUT2D eigenvalue weighted by Crippen LogP contribution is -2.03. The number of hydrogen-bond donors (Lipinski definition) is 0. The maximum atomic E-state index is 5.43. The lowest BCUT2D eigenvalue weighted by atomic mass is 10.0. The van der Waals surface area contributed by atoms with Gasteiger partial charge in [-0.1, -0.05) is 31.9 Å². The van der Waals surface area contributed by atoms with Crippen LogP contribution >= 0.6 is 31.9 Å². The normalized spacial score (nSPS) is 60.6. The molecule has 2 saturated carbocycles. The molecule has 0 N–H and O–H groups in total. The molecular weight excluding hydrogens is 260 g/mol. The Labute approximate surface area is 76.8 Å². The van der Waals surface area contributed by atoms with Crippen LogP contribution in [0.15, 0.2) is 0 Å². The highest BCUT2D eigenvalue weighted by atomic mass is 79.9. The molecule has 0 bridgehead atoms. The number of ether oxygens (including phenoxy) is 1. The Morgan fingerprint density at radius 1 is 1.10 bits per heavy atom. The monoisotopic (exact) mass is 266 g/mol. The summed E-state index contributed by atoms with van der Waals surface area (Å²) in [4.78, 5) is 0. The zero-order valence-electron chi connectivity index (χ0n) is 5.39. The van der Waals surface area contributed by atoms with Gasteiger partial charge < -0.3 is 4.74 Å². The Kier molecular flexibility index (Phi) is 1.06. The van der Waals surface area contributed by atoms with E-state index in [1.165, 1.54) is 12.8 Å². The average Bonchev–Trinajstić information content (AvgIpc) is 2.70.